The minimum Gasteiger partial charge on any atom is -0.444 e. The summed E-state index contributed by atoms with van der Waals surface area (Å²) in [5.41, 5.74) is 9.06. The highest BCUT2D eigenvalue weighted by molar-refractivity contribution is 5.68. The number of nitrogens with two attached hydrogens (primary N) is 1. The SMILES string of the molecule is C=C(N)c1ccc(-c2cnn(CCCC3CCN(C(=O)OC(C)(C)C)CC3)c2)cc1.CC. The standard InChI is InChI=1S/C24H34N4O2.C2H6/c1-18(25)20-7-9-21(10-8-20)22-16-26-28(17-22)13-5-6-19-11-14-27(15-12-19)23(29)30-24(2,3)4;1-2/h7-10,16-17,19H,1,5-6,11-15,25H2,2-4H3;1-2H3. The molecular formula is C26H40N4O2. The summed E-state index contributed by atoms with van der Waals surface area (Å²) in [4.78, 5) is 14.0. The lowest BCUT2D eigenvalue weighted by Crippen LogP contribution is -2.41. The zero-order valence-corrected chi connectivity index (χ0v) is 20.4. The Hall–Kier alpha value is -2.76. The minimum absolute atomic E-state index is 0.186. The van der Waals surface area contributed by atoms with Crippen LogP contribution in [0.1, 0.15) is 65.9 Å². The van der Waals surface area contributed by atoms with Crippen molar-refractivity contribution in [1.82, 2.24) is 14.7 Å². The summed E-state index contributed by atoms with van der Waals surface area (Å²) in [6.45, 7) is 16.0. The van der Waals surface area contributed by atoms with Crippen LogP contribution in [0.3, 0.4) is 0 Å². The molecule has 0 saturated carbocycles. The Morgan fingerprint density at radius 1 is 1.16 bits per heavy atom. The summed E-state index contributed by atoms with van der Waals surface area (Å²) in [6, 6.07) is 8.07. The zero-order valence-electron chi connectivity index (χ0n) is 20.4. The predicted octanol–water partition coefficient (Wildman–Crippen LogP) is 5.93. The molecule has 176 valence electrons. The second-order valence-corrected chi connectivity index (χ2v) is 9.15. The van der Waals surface area contributed by atoms with E-state index in [2.05, 4.69) is 17.9 Å². The number of aromatic nitrogens is 2. The van der Waals surface area contributed by atoms with Crippen molar-refractivity contribution in [3.63, 3.8) is 0 Å². The highest BCUT2D eigenvalue weighted by Crippen LogP contribution is 2.24. The van der Waals surface area contributed by atoms with Crippen LogP contribution in [0, 0.1) is 5.92 Å². The number of hydrogen-bond donors (Lipinski definition) is 1. The van der Waals surface area contributed by atoms with Crippen LogP contribution in [0.2, 0.25) is 0 Å². The monoisotopic (exact) mass is 440 g/mol. The Balaban J connectivity index is 0.00000176. The maximum absolute atomic E-state index is 12.2. The van der Waals surface area contributed by atoms with Gasteiger partial charge < -0.3 is 15.4 Å². The number of carbonyl (C=O) groups is 1. The lowest BCUT2D eigenvalue weighted by molar-refractivity contribution is 0.0180. The number of amides is 1. The van der Waals surface area contributed by atoms with Crippen molar-refractivity contribution >= 4 is 11.8 Å². The first-order valence-corrected chi connectivity index (χ1v) is 11.8. The van der Waals surface area contributed by atoms with E-state index < -0.39 is 5.60 Å². The number of likely N-dealkylation sites (tertiary alicyclic amines) is 1. The van der Waals surface area contributed by atoms with Gasteiger partial charge in [0.25, 0.3) is 0 Å². The largest absolute Gasteiger partial charge is 0.444 e. The Kier molecular flexibility index (Phi) is 9.36. The molecule has 6 heteroatoms. The van der Waals surface area contributed by atoms with Crippen molar-refractivity contribution in [1.29, 1.82) is 0 Å². The molecule has 1 aromatic carbocycles. The molecule has 32 heavy (non-hydrogen) atoms. The van der Waals surface area contributed by atoms with Crippen LogP contribution in [0.25, 0.3) is 16.8 Å². The molecule has 6 nitrogen and oxygen atoms in total. The van der Waals surface area contributed by atoms with Crippen molar-refractivity contribution < 1.29 is 9.53 Å². The van der Waals surface area contributed by atoms with E-state index in [0.717, 1.165) is 62.0 Å². The first kappa shape index (κ1) is 25.5. The van der Waals surface area contributed by atoms with Gasteiger partial charge in [-0.3, -0.25) is 4.68 Å². The molecule has 1 amide bonds. The zero-order chi connectivity index (χ0) is 23.7. The molecule has 2 N–H and O–H groups in total. The van der Waals surface area contributed by atoms with Gasteiger partial charge in [-0.05, 0) is 63.5 Å². The summed E-state index contributed by atoms with van der Waals surface area (Å²) in [6.07, 6.45) is 8.15. The summed E-state index contributed by atoms with van der Waals surface area (Å²) in [7, 11) is 0. The van der Waals surface area contributed by atoms with E-state index in [-0.39, 0.29) is 6.09 Å². The fraction of sp³-hybridized carbons (Fsp3) is 0.538. The summed E-state index contributed by atoms with van der Waals surface area (Å²) < 4.78 is 7.49. The van der Waals surface area contributed by atoms with Gasteiger partial charge in [-0.1, -0.05) is 44.7 Å². The number of piperidine rings is 1. The quantitative estimate of drug-likeness (QED) is 0.604. The Morgan fingerprint density at radius 2 is 1.78 bits per heavy atom. The maximum atomic E-state index is 12.2. The normalized spacial score (nSPS) is 14.5. The number of nitrogens with zero attached hydrogens (tertiary/aromatic N) is 3. The van der Waals surface area contributed by atoms with E-state index in [4.69, 9.17) is 10.5 Å². The Morgan fingerprint density at radius 3 is 2.34 bits per heavy atom. The number of rotatable bonds is 6. The highest BCUT2D eigenvalue weighted by Gasteiger charge is 2.26. The third-order valence-electron chi connectivity index (χ3n) is 5.49. The number of hydrogen-bond acceptors (Lipinski definition) is 4. The molecule has 0 unspecified atom stereocenters. The fourth-order valence-corrected chi connectivity index (χ4v) is 3.78. The van der Waals surface area contributed by atoms with Gasteiger partial charge in [-0.2, -0.15) is 5.10 Å². The molecule has 1 aliphatic rings. The van der Waals surface area contributed by atoms with E-state index >= 15 is 0 Å². The van der Waals surface area contributed by atoms with Gasteiger partial charge in [0.1, 0.15) is 5.60 Å². The predicted molar refractivity (Wildman–Crippen MR) is 132 cm³/mol. The molecule has 1 aliphatic heterocycles. The Labute approximate surface area is 193 Å². The van der Waals surface area contributed by atoms with Gasteiger partial charge in [0, 0.05) is 37.1 Å². The summed E-state index contributed by atoms with van der Waals surface area (Å²) in [5.74, 6) is 0.663. The van der Waals surface area contributed by atoms with Crippen molar-refractivity contribution in [3.8, 4) is 11.1 Å². The minimum atomic E-state index is -0.433. The third-order valence-corrected chi connectivity index (χ3v) is 5.49. The molecule has 0 aliphatic carbocycles. The van der Waals surface area contributed by atoms with Gasteiger partial charge >= 0.3 is 6.09 Å². The van der Waals surface area contributed by atoms with E-state index in [9.17, 15) is 4.79 Å². The van der Waals surface area contributed by atoms with Crippen LogP contribution in [-0.2, 0) is 11.3 Å². The van der Waals surface area contributed by atoms with Gasteiger partial charge in [-0.15, -0.1) is 0 Å². The molecule has 0 radical (unpaired) electrons. The van der Waals surface area contributed by atoms with Crippen LogP contribution < -0.4 is 5.73 Å². The topological polar surface area (TPSA) is 73.4 Å². The molecule has 0 spiro atoms. The maximum Gasteiger partial charge on any atom is 0.410 e. The highest BCUT2D eigenvalue weighted by atomic mass is 16.6. The fourth-order valence-electron chi connectivity index (χ4n) is 3.78. The number of aryl methyl sites for hydroxylation is 1. The molecule has 1 saturated heterocycles. The van der Waals surface area contributed by atoms with Crippen LogP contribution in [-0.4, -0.2) is 39.5 Å². The van der Waals surface area contributed by atoms with Gasteiger partial charge in [-0.25, -0.2) is 4.79 Å². The molecule has 2 aromatic rings. The first-order chi connectivity index (χ1) is 15.2. The first-order valence-electron chi connectivity index (χ1n) is 11.8. The number of benzene rings is 1. The lowest BCUT2D eigenvalue weighted by Gasteiger charge is -2.33. The van der Waals surface area contributed by atoms with E-state index in [1.54, 1.807) is 0 Å². The molecule has 0 atom stereocenters. The van der Waals surface area contributed by atoms with E-state index in [0.29, 0.717) is 11.6 Å². The second-order valence-electron chi connectivity index (χ2n) is 9.15. The summed E-state index contributed by atoms with van der Waals surface area (Å²) >= 11 is 0. The molecule has 0 bridgehead atoms. The van der Waals surface area contributed by atoms with Crippen molar-refractivity contribution in [3.05, 3.63) is 48.8 Å². The van der Waals surface area contributed by atoms with E-state index in [1.807, 2.05) is 74.7 Å². The van der Waals surface area contributed by atoms with Crippen LogP contribution in [0.4, 0.5) is 4.79 Å². The van der Waals surface area contributed by atoms with Crippen LogP contribution in [0.5, 0.6) is 0 Å². The third kappa shape index (κ3) is 7.74. The average molecular weight is 441 g/mol. The molecule has 2 heterocycles. The van der Waals surface area contributed by atoms with Gasteiger partial charge in [0.05, 0.1) is 6.20 Å². The van der Waals surface area contributed by atoms with Gasteiger partial charge in [0.15, 0.2) is 0 Å². The second kappa shape index (κ2) is 11.7. The van der Waals surface area contributed by atoms with Crippen LogP contribution >= 0.6 is 0 Å². The summed E-state index contributed by atoms with van der Waals surface area (Å²) in [5, 5.41) is 4.51. The van der Waals surface area contributed by atoms with Crippen molar-refractivity contribution in [2.45, 2.75) is 72.4 Å². The molecule has 3 rings (SSSR count). The van der Waals surface area contributed by atoms with Crippen LogP contribution in [0.15, 0.2) is 43.2 Å². The van der Waals surface area contributed by atoms with E-state index in [1.165, 1.54) is 0 Å². The molecule has 1 fully saturated rings. The Bertz CT molecular complexity index is 857. The van der Waals surface area contributed by atoms with Crippen molar-refractivity contribution in [2.75, 3.05) is 13.1 Å². The average Bonchev–Trinajstić information content (AvgIpc) is 3.23. The lowest BCUT2D eigenvalue weighted by atomic mass is 9.92. The number of ether oxygens (including phenoxy) is 1. The number of carbonyl (C=O) groups excluding carboxylic acids is 1. The molecular weight excluding hydrogens is 400 g/mol. The smallest absolute Gasteiger partial charge is 0.410 e. The molecule has 1 aromatic heterocycles. The van der Waals surface area contributed by atoms with Gasteiger partial charge in [0.2, 0.25) is 0 Å². The van der Waals surface area contributed by atoms with Crippen molar-refractivity contribution in [2.24, 2.45) is 11.7 Å².